The number of rotatable bonds is 6. The van der Waals surface area contributed by atoms with Gasteiger partial charge in [0.05, 0.1) is 17.9 Å². The Balaban J connectivity index is 2.11. The van der Waals surface area contributed by atoms with Crippen molar-refractivity contribution in [2.75, 3.05) is 13.7 Å². The molecule has 1 aromatic heterocycles. The predicted octanol–water partition coefficient (Wildman–Crippen LogP) is 3.24. The fourth-order valence-electron chi connectivity index (χ4n) is 2.10. The van der Waals surface area contributed by atoms with E-state index in [0.29, 0.717) is 12.5 Å². The number of nitrogens with two attached hydrogens (primary N) is 1. The number of nitrogens with one attached hydrogen (secondary N) is 1. The molecule has 0 saturated heterocycles. The van der Waals surface area contributed by atoms with Gasteiger partial charge in [0.25, 0.3) is 0 Å². The van der Waals surface area contributed by atoms with Crippen LogP contribution in [0.2, 0.25) is 0 Å². The van der Waals surface area contributed by atoms with Gasteiger partial charge in [-0.15, -0.1) is 0 Å². The molecule has 0 spiro atoms. The number of hydrogen-bond acceptors (Lipinski definition) is 3. The van der Waals surface area contributed by atoms with Crippen molar-refractivity contribution in [3.63, 3.8) is 0 Å². The van der Waals surface area contributed by atoms with E-state index in [2.05, 4.69) is 48.1 Å². The molecule has 4 heteroatoms. The molecule has 2 aromatic rings. The van der Waals surface area contributed by atoms with E-state index in [1.54, 1.807) is 7.11 Å². The highest BCUT2D eigenvalue weighted by Gasteiger charge is 2.11. The van der Waals surface area contributed by atoms with Crippen molar-refractivity contribution in [1.29, 1.82) is 0 Å². The molecular weight excluding hydrogens is 250 g/mol. The van der Waals surface area contributed by atoms with Crippen LogP contribution in [-0.4, -0.2) is 23.7 Å². The Hall–Kier alpha value is -1.65. The molecule has 1 aromatic carbocycles. The van der Waals surface area contributed by atoms with Crippen LogP contribution in [0.3, 0.4) is 0 Å². The number of imidazole rings is 1. The minimum atomic E-state index is -0.112. The molecule has 2 rings (SSSR count). The first-order chi connectivity index (χ1) is 9.61. The lowest BCUT2D eigenvalue weighted by Gasteiger charge is -2.08. The first kappa shape index (κ1) is 14.8. The summed E-state index contributed by atoms with van der Waals surface area (Å²) in [5.74, 6) is 1.36. The molecule has 0 aliphatic heterocycles. The third-order valence-electron chi connectivity index (χ3n) is 3.47. The molecule has 1 atom stereocenters. The number of ether oxygens (including phenoxy) is 1. The first-order valence-corrected chi connectivity index (χ1v) is 7.01. The summed E-state index contributed by atoms with van der Waals surface area (Å²) < 4.78 is 5.04. The van der Waals surface area contributed by atoms with Gasteiger partial charge in [-0.2, -0.15) is 0 Å². The molecule has 1 heterocycles. The van der Waals surface area contributed by atoms with Gasteiger partial charge < -0.3 is 15.5 Å². The molecule has 0 fully saturated rings. The highest BCUT2D eigenvalue weighted by Crippen LogP contribution is 2.22. The van der Waals surface area contributed by atoms with E-state index in [1.165, 1.54) is 5.56 Å². The van der Waals surface area contributed by atoms with Gasteiger partial charge >= 0.3 is 0 Å². The molecule has 0 aliphatic carbocycles. The topological polar surface area (TPSA) is 63.9 Å². The molecule has 3 N–H and O–H groups in total. The Morgan fingerprint density at radius 3 is 2.55 bits per heavy atom. The average Bonchev–Trinajstić information content (AvgIpc) is 2.94. The SMILES string of the molecule is COCCC(N)c1ncc(-c2ccc(C(C)C)cc2)[nH]1. The zero-order chi connectivity index (χ0) is 14.5. The van der Waals surface area contributed by atoms with Crippen molar-refractivity contribution in [3.8, 4) is 11.3 Å². The second-order valence-electron chi connectivity index (χ2n) is 5.35. The fraction of sp³-hybridized carbons (Fsp3) is 0.438. The van der Waals surface area contributed by atoms with E-state index in [1.807, 2.05) is 6.20 Å². The summed E-state index contributed by atoms with van der Waals surface area (Å²) in [6.45, 7) is 5.02. The van der Waals surface area contributed by atoms with Crippen LogP contribution in [0.1, 0.15) is 43.6 Å². The van der Waals surface area contributed by atoms with Gasteiger partial charge in [-0.05, 0) is 23.5 Å². The van der Waals surface area contributed by atoms with Crippen molar-refractivity contribution < 1.29 is 4.74 Å². The van der Waals surface area contributed by atoms with E-state index in [9.17, 15) is 0 Å². The number of hydrogen-bond donors (Lipinski definition) is 2. The van der Waals surface area contributed by atoms with Crippen molar-refractivity contribution >= 4 is 0 Å². The van der Waals surface area contributed by atoms with Crippen molar-refractivity contribution in [3.05, 3.63) is 41.9 Å². The first-order valence-electron chi connectivity index (χ1n) is 7.01. The second-order valence-corrected chi connectivity index (χ2v) is 5.35. The Morgan fingerprint density at radius 1 is 1.25 bits per heavy atom. The van der Waals surface area contributed by atoms with Crippen molar-refractivity contribution in [2.24, 2.45) is 5.73 Å². The van der Waals surface area contributed by atoms with Gasteiger partial charge in [0, 0.05) is 13.7 Å². The summed E-state index contributed by atoms with van der Waals surface area (Å²) in [5.41, 5.74) is 9.54. The van der Waals surface area contributed by atoms with Gasteiger partial charge in [-0.1, -0.05) is 38.1 Å². The lowest BCUT2D eigenvalue weighted by atomic mass is 10.0. The maximum Gasteiger partial charge on any atom is 0.123 e. The van der Waals surface area contributed by atoms with Gasteiger partial charge in [0.2, 0.25) is 0 Å². The number of benzene rings is 1. The van der Waals surface area contributed by atoms with Crippen LogP contribution in [-0.2, 0) is 4.74 Å². The standard InChI is InChI=1S/C16H23N3O/c1-11(2)12-4-6-13(7-5-12)15-10-18-16(19-15)14(17)8-9-20-3/h4-7,10-11,14H,8-9,17H2,1-3H3,(H,18,19). The predicted molar refractivity (Wildman–Crippen MR) is 81.5 cm³/mol. The number of aromatic amines is 1. The number of aromatic nitrogens is 2. The minimum Gasteiger partial charge on any atom is -0.385 e. The van der Waals surface area contributed by atoms with Crippen LogP contribution in [0, 0.1) is 0 Å². The maximum atomic E-state index is 6.06. The lowest BCUT2D eigenvalue weighted by molar-refractivity contribution is 0.187. The summed E-state index contributed by atoms with van der Waals surface area (Å²) in [5, 5.41) is 0. The Bertz CT molecular complexity index is 531. The number of methoxy groups -OCH3 is 1. The molecule has 0 bridgehead atoms. The Labute approximate surface area is 120 Å². The molecule has 0 radical (unpaired) electrons. The van der Waals surface area contributed by atoms with Crippen molar-refractivity contribution in [1.82, 2.24) is 9.97 Å². The number of nitrogens with zero attached hydrogens (tertiary/aromatic N) is 1. The minimum absolute atomic E-state index is 0.112. The molecule has 0 saturated carbocycles. The van der Waals surface area contributed by atoms with E-state index in [0.717, 1.165) is 23.5 Å². The zero-order valence-electron chi connectivity index (χ0n) is 12.4. The molecular formula is C16H23N3O. The monoisotopic (exact) mass is 273 g/mol. The molecule has 0 amide bonds. The Kier molecular flexibility index (Phi) is 4.93. The molecule has 1 unspecified atom stereocenters. The van der Waals surface area contributed by atoms with Crippen LogP contribution in [0.15, 0.2) is 30.5 Å². The average molecular weight is 273 g/mol. The summed E-state index contributed by atoms with van der Waals surface area (Å²) in [7, 11) is 1.68. The van der Waals surface area contributed by atoms with Gasteiger partial charge in [0.15, 0.2) is 0 Å². The molecule has 20 heavy (non-hydrogen) atoms. The highest BCUT2D eigenvalue weighted by molar-refractivity contribution is 5.59. The summed E-state index contributed by atoms with van der Waals surface area (Å²) in [4.78, 5) is 7.66. The summed E-state index contributed by atoms with van der Waals surface area (Å²) in [6.07, 6.45) is 2.60. The van der Waals surface area contributed by atoms with Crippen LogP contribution in [0.25, 0.3) is 11.3 Å². The largest absolute Gasteiger partial charge is 0.385 e. The third kappa shape index (κ3) is 3.46. The second kappa shape index (κ2) is 6.68. The van der Waals surface area contributed by atoms with Gasteiger partial charge in [0.1, 0.15) is 5.82 Å². The van der Waals surface area contributed by atoms with Crippen molar-refractivity contribution in [2.45, 2.75) is 32.2 Å². The van der Waals surface area contributed by atoms with Crippen LogP contribution in [0.4, 0.5) is 0 Å². The molecule has 108 valence electrons. The summed E-state index contributed by atoms with van der Waals surface area (Å²) in [6, 6.07) is 8.44. The van der Waals surface area contributed by atoms with Crippen LogP contribution >= 0.6 is 0 Å². The highest BCUT2D eigenvalue weighted by atomic mass is 16.5. The smallest absolute Gasteiger partial charge is 0.123 e. The summed E-state index contributed by atoms with van der Waals surface area (Å²) >= 11 is 0. The maximum absolute atomic E-state index is 6.06. The normalized spacial score (nSPS) is 12.8. The molecule has 0 aliphatic rings. The third-order valence-corrected chi connectivity index (χ3v) is 3.47. The van der Waals surface area contributed by atoms with Crippen LogP contribution in [0.5, 0.6) is 0 Å². The van der Waals surface area contributed by atoms with E-state index in [-0.39, 0.29) is 6.04 Å². The Morgan fingerprint density at radius 2 is 1.95 bits per heavy atom. The van der Waals surface area contributed by atoms with Gasteiger partial charge in [-0.3, -0.25) is 0 Å². The van der Waals surface area contributed by atoms with E-state index < -0.39 is 0 Å². The van der Waals surface area contributed by atoms with E-state index in [4.69, 9.17) is 10.5 Å². The van der Waals surface area contributed by atoms with Gasteiger partial charge in [-0.25, -0.2) is 4.98 Å². The zero-order valence-corrected chi connectivity index (χ0v) is 12.4. The lowest BCUT2D eigenvalue weighted by Crippen LogP contribution is -2.14. The fourth-order valence-corrected chi connectivity index (χ4v) is 2.10. The van der Waals surface area contributed by atoms with Crippen LogP contribution < -0.4 is 5.73 Å². The molecule has 4 nitrogen and oxygen atoms in total. The van der Waals surface area contributed by atoms with E-state index >= 15 is 0 Å². The number of H-pyrrole nitrogens is 1. The quantitative estimate of drug-likeness (QED) is 0.849.